The number of amides is 1. The molecule has 4 nitrogen and oxygen atoms in total. The second-order valence-corrected chi connectivity index (χ2v) is 6.49. The monoisotopic (exact) mass is 377 g/mol. The van der Waals surface area contributed by atoms with E-state index in [0.29, 0.717) is 0 Å². The van der Waals surface area contributed by atoms with Crippen LogP contribution in [-0.4, -0.2) is 24.0 Å². The Morgan fingerprint density at radius 3 is 2.46 bits per heavy atom. The van der Waals surface area contributed by atoms with Crippen LogP contribution in [0.4, 0.5) is 4.39 Å². The molecular weight excluding hydrogens is 357 g/mol. The third-order valence-corrected chi connectivity index (χ3v) is 4.23. The molecule has 0 radical (unpaired) electrons. The number of rotatable bonds is 7. The van der Waals surface area contributed by atoms with Crippen LogP contribution < -0.4 is 5.32 Å². The molecule has 0 saturated carbocycles. The summed E-state index contributed by atoms with van der Waals surface area (Å²) in [6, 6.07) is 13.7. The molecule has 0 aliphatic rings. The largest absolute Gasteiger partial charge is 0.449 e. The summed E-state index contributed by atoms with van der Waals surface area (Å²) in [5, 5.41) is 2.74. The van der Waals surface area contributed by atoms with Gasteiger partial charge in [0.1, 0.15) is 11.4 Å². The van der Waals surface area contributed by atoms with E-state index in [1.165, 1.54) is 24.6 Å². The van der Waals surface area contributed by atoms with Crippen molar-refractivity contribution < 1.29 is 18.7 Å². The fourth-order valence-electron chi connectivity index (χ4n) is 2.43. The van der Waals surface area contributed by atoms with Crippen molar-refractivity contribution in [2.75, 3.05) is 0 Å². The van der Waals surface area contributed by atoms with Gasteiger partial charge in [-0.1, -0.05) is 48.0 Å². The van der Waals surface area contributed by atoms with Crippen LogP contribution in [0, 0.1) is 5.82 Å². The molecule has 6 heteroatoms. The second kappa shape index (κ2) is 9.34. The summed E-state index contributed by atoms with van der Waals surface area (Å²) in [6.45, 7) is 3.31. The number of hydrogen-bond acceptors (Lipinski definition) is 3. The lowest BCUT2D eigenvalue weighted by Gasteiger charge is -2.18. The summed E-state index contributed by atoms with van der Waals surface area (Å²) >= 11 is 5.83. The van der Waals surface area contributed by atoms with Crippen LogP contribution in [0.25, 0.3) is 0 Å². The predicted molar refractivity (Wildman–Crippen MR) is 98.7 cm³/mol. The number of nitrogens with one attached hydrogen (secondary N) is 1. The Hall–Kier alpha value is -2.40. The zero-order valence-electron chi connectivity index (χ0n) is 14.7. The maximum atomic E-state index is 13.7. The van der Waals surface area contributed by atoms with E-state index in [-0.39, 0.29) is 16.6 Å². The van der Waals surface area contributed by atoms with Gasteiger partial charge in [-0.15, -0.1) is 0 Å². The van der Waals surface area contributed by atoms with Crippen LogP contribution in [0.3, 0.4) is 0 Å². The fourth-order valence-corrected chi connectivity index (χ4v) is 2.67. The minimum Gasteiger partial charge on any atom is -0.449 e. The highest BCUT2D eigenvalue weighted by molar-refractivity contribution is 6.33. The average molecular weight is 378 g/mol. The molecule has 0 unspecified atom stereocenters. The number of carbonyl (C=O) groups excluding carboxylic acids is 2. The van der Waals surface area contributed by atoms with Gasteiger partial charge in [0, 0.05) is 6.04 Å². The number of hydrogen-bond donors (Lipinski definition) is 1. The van der Waals surface area contributed by atoms with Crippen LogP contribution in [0.1, 0.15) is 36.2 Å². The average Bonchev–Trinajstić information content (AvgIpc) is 2.60. The van der Waals surface area contributed by atoms with E-state index in [1.54, 1.807) is 0 Å². The highest BCUT2D eigenvalue weighted by Crippen LogP contribution is 2.20. The van der Waals surface area contributed by atoms with Gasteiger partial charge in [0.25, 0.3) is 5.91 Å². The molecule has 0 spiro atoms. The minimum absolute atomic E-state index is 0.0566. The van der Waals surface area contributed by atoms with Gasteiger partial charge >= 0.3 is 5.97 Å². The van der Waals surface area contributed by atoms with Crippen molar-refractivity contribution in [1.82, 2.24) is 5.32 Å². The Labute approximate surface area is 157 Å². The van der Waals surface area contributed by atoms with Crippen molar-refractivity contribution in [3.63, 3.8) is 0 Å². The van der Waals surface area contributed by atoms with Crippen LogP contribution in [0.5, 0.6) is 0 Å². The molecule has 2 aromatic carbocycles. The Bertz CT molecular complexity index is 747. The lowest BCUT2D eigenvalue weighted by Crippen LogP contribution is -2.41. The first kappa shape index (κ1) is 19.9. The number of ether oxygens (including phenoxy) is 1. The normalized spacial score (nSPS) is 12.9. The molecule has 0 heterocycles. The molecular formula is C20H21ClFNO3. The first-order chi connectivity index (χ1) is 12.4. The summed E-state index contributed by atoms with van der Waals surface area (Å²) < 4.78 is 18.8. The predicted octanol–water partition coefficient (Wildman–Crippen LogP) is 4.16. The Kier molecular flexibility index (Phi) is 7.16. The zero-order valence-corrected chi connectivity index (χ0v) is 15.4. The lowest BCUT2D eigenvalue weighted by molar-refractivity contribution is -0.129. The molecule has 2 aromatic rings. The quantitative estimate of drug-likeness (QED) is 0.737. The molecule has 1 N–H and O–H groups in total. The summed E-state index contributed by atoms with van der Waals surface area (Å²) in [7, 11) is 0. The molecule has 0 fully saturated rings. The van der Waals surface area contributed by atoms with Gasteiger partial charge in [0.15, 0.2) is 6.10 Å². The summed E-state index contributed by atoms with van der Waals surface area (Å²) in [6.07, 6.45) is 0.508. The van der Waals surface area contributed by atoms with Crippen molar-refractivity contribution in [1.29, 1.82) is 0 Å². The molecule has 0 saturated heterocycles. The van der Waals surface area contributed by atoms with E-state index in [4.69, 9.17) is 16.3 Å². The highest BCUT2D eigenvalue weighted by Gasteiger charge is 2.23. The fraction of sp³-hybridized carbons (Fsp3) is 0.300. The zero-order chi connectivity index (χ0) is 19.1. The Morgan fingerprint density at radius 1 is 1.12 bits per heavy atom. The number of halogens is 2. The van der Waals surface area contributed by atoms with Crippen molar-refractivity contribution in [2.24, 2.45) is 0 Å². The molecule has 0 aromatic heterocycles. The van der Waals surface area contributed by atoms with Gasteiger partial charge < -0.3 is 10.1 Å². The van der Waals surface area contributed by atoms with Crippen molar-refractivity contribution >= 4 is 23.5 Å². The van der Waals surface area contributed by atoms with Crippen LogP contribution in [-0.2, 0) is 16.0 Å². The molecule has 0 bridgehead atoms. The van der Waals surface area contributed by atoms with Gasteiger partial charge in [0.05, 0.1) is 5.02 Å². The lowest BCUT2D eigenvalue weighted by atomic mass is 10.1. The van der Waals surface area contributed by atoms with Gasteiger partial charge in [0.2, 0.25) is 0 Å². The molecule has 2 rings (SSSR count). The number of aryl methyl sites for hydroxylation is 1. The van der Waals surface area contributed by atoms with Gasteiger partial charge in [-0.3, -0.25) is 4.79 Å². The maximum Gasteiger partial charge on any atom is 0.343 e. The molecule has 0 aliphatic heterocycles. The molecule has 0 aliphatic carbocycles. The van der Waals surface area contributed by atoms with Crippen molar-refractivity contribution in [3.8, 4) is 0 Å². The number of esters is 1. The van der Waals surface area contributed by atoms with Gasteiger partial charge in [-0.05, 0) is 44.4 Å². The standard InChI is InChI=1S/C20H21ClFNO3/c1-13(11-12-15-7-4-3-5-8-15)23-19(24)14(2)26-20(25)18-16(21)9-6-10-17(18)22/h3-10,13-14H,11-12H2,1-2H3,(H,23,24)/t13-,14+/m1/s1. The Morgan fingerprint density at radius 2 is 1.81 bits per heavy atom. The van der Waals surface area contributed by atoms with E-state index < -0.39 is 23.8 Å². The number of benzene rings is 2. The summed E-state index contributed by atoms with van der Waals surface area (Å²) in [5.41, 5.74) is 0.813. The molecule has 2 atom stereocenters. The summed E-state index contributed by atoms with van der Waals surface area (Å²) in [5.74, 6) is -2.19. The first-order valence-electron chi connectivity index (χ1n) is 8.37. The first-order valence-corrected chi connectivity index (χ1v) is 8.75. The van der Waals surface area contributed by atoms with Crippen LogP contribution in [0.15, 0.2) is 48.5 Å². The highest BCUT2D eigenvalue weighted by atomic mass is 35.5. The van der Waals surface area contributed by atoms with E-state index in [2.05, 4.69) is 5.32 Å². The maximum absolute atomic E-state index is 13.7. The topological polar surface area (TPSA) is 55.4 Å². The van der Waals surface area contributed by atoms with E-state index in [0.717, 1.165) is 18.9 Å². The molecule has 138 valence electrons. The van der Waals surface area contributed by atoms with Crippen molar-refractivity contribution in [3.05, 3.63) is 70.5 Å². The van der Waals surface area contributed by atoms with Crippen LogP contribution in [0.2, 0.25) is 5.02 Å². The Balaban J connectivity index is 1.86. The minimum atomic E-state index is -1.06. The van der Waals surface area contributed by atoms with E-state index in [1.807, 2.05) is 37.3 Å². The second-order valence-electron chi connectivity index (χ2n) is 6.08. The number of carbonyl (C=O) groups is 2. The summed E-state index contributed by atoms with van der Waals surface area (Å²) in [4.78, 5) is 24.3. The van der Waals surface area contributed by atoms with Gasteiger partial charge in [-0.2, -0.15) is 0 Å². The SMILES string of the molecule is C[C@H](CCc1ccccc1)NC(=O)[C@H](C)OC(=O)c1c(F)cccc1Cl. The third kappa shape index (κ3) is 5.56. The third-order valence-electron chi connectivity index (χ3n) is 3.92. The van der Waals surface area contributed by atoms with Crippen LogP contribution >= 0.6 is 11.6 Å². The van der Waals surface area contributed by atoms with E-state index >= 15 is 0 Å². The van der Waals surface area contributed by atoms with Gasteiger partial charge in [-0.25, -0.2) is 9.18 Å². The smallest absolute Gasteiger partial charge is 0.343 e. The molecule has 26 heavy (non-hydrogen) atoms. The molecule has 1 amide bonds. The van der Waals surface area contributed by atoms with Crippen molar-refractivity contribution in [2.45, 2.75) is 38.8 Å². The van der Waals surface area contributed by atoms with E-state index in [9.17, 15) is 14.0 Å².